The average Bonchev–Trinajstić information content (AvgIpc) is 2.83. The highest BCUT2D eigenvalue weighted by atomic mass is 16.1. The third-order valence-electron chi connectivity index (χ3n) is 2.31. The molecule has 0 unspecified atom stereocenters. The molecule has 0 aromatic carbocycles. The van der Waals surface area contributed by atoms with Crippen LogP contribution in [0.5, 0.6) is 0 Å². The first-order chi connectivity index (χ1) is 6.36. The molecule has 1 fully saturated rings. The molecule has 3 rings (SSSR count). The number of rotatable bonds is 1. The van der Waals surface area contributed by atoms with Gasteiger partial charge in [0.15, 0.2) is 11.2 Å². The van der Waals surface area contributed by atoms with Gasteiger partial charge in [0.05, 0.1) is 6.33 Å². The van der Waals surface area contributed by atoms with Crippen LogP contribution in [0.15, 0.2) is 17.4 Å². The monoisotopic (exact) mass is 176 g/mol. The van der Waals surface area contributed by atoms with E-state index >= 15 is 0 Å². The molecule has 2 aromatic heterocycles. The number of aromatic nitrogens is 4. The fraction of sp³-hybridized carbons (Fsp3) is 0.375. The second-order valence-electron chi connectivity index (χ2n) is 3.29. The zero-order valence-electron chi connectivity index (χ0n) is 6.90. The van der Waals surface area contributed by atoms with Crippen molar-refractivity contribution in [1.29, 1.82) is 0 Å². The Morgan fingerprint density at radius 2 is 2.31 bits per heavy atom. The van der Waals surface area contributed by atoms with Crippen LogP contribution in [0.1, 0.15) is 18.9 Å². The molecule has 0 bridgehead atoms. The fourth-order valence-corrected chi connectivity index (χ4v) is 1.45. The van der Waals surface area contributed by atoms with Gasteiger partial charge in [0.1, 0.15) is 6.33 Å². The van der Waals surface area contributed by atoms with Gasteiger partial charge in [-0.25, -0.2) is 9.97 Å². The summed E-state index contributed by atoms with van der Waals surface area (Å²) in [6, 6.07) is 0.368. The Labute approximate surface area is 73.4 Å². The molecule has 5 heteroatoms. The van der Waals surface area contributed by atoms with Crippen LogP contribution in [0.4, 0.5) is 0 Å². The van der Waals surface area contributed by atoms with Crippen LogP contribution < -0.4 is 5.56 Å². The number of hydrogen-bond donors (Lipinski definition) is 1. The van der Waals surface area contributed by atoms with E-state index in [1.807, 2.05) is 0 Å². The minimum absolute atomic E-state index is 0.00926. The Bertz CT molecular complexity index is 508. The zero-order chi connectivity index (χ0) is 8.84. The molecule has 5 nitrogen and oxygen atoms in total. The van der Waals surface area contributed by atoms with Crippen LogP contribution in [0.3, 0.4) is 0 Å². The first-order valence-corrected chi connectivity index (χ1v) is 4.26. The van der Waals surface area contributed by atoms with Gasteiger partial charge in [0.25, 0.3) is 5.56 Å². The molecule has 2 heterocycles. The molecule has 0 spiro atoms. The number of imidazole rings is 1. The lowest BCUT2D eigenvalue weighted by Gasteiger charge is -1.99. The SMILES string of the molecule is O=c1c2[nH]cnc2ncn1C1CC1. The lowest BCUT2D eigenvalue weighted by atomic mass is 10.5. The van der Waals surface area contributed by atoms with Crippen molar-refractivity contribution in [3.63, 3.8) is 0 Å². The molecular weight excluding hydrogens is 168 g/mol. The smallest absolute Gasteiger partial charge is 0.279 e. The Morgan fingerprint density at radius 1 is 1.46 bits per heavy atom. The lowest BCUT2D eigenvalue weighted by Crippen LogP contribution is -2.19. The van der Waals surface area contributed by atoms with Crippen molar-refractivity contribution in [3.05, 3.63) is 23.0 Å². The van der Waals surface area contributed by atoms with E-state index in [0.717, 1.165) is 12.8 Å². The molecule has 0 amide bonds. The Morgan fingerprint density at radius 3 is 3.08 bits per heavy atom. The molecule has 1 aliphatic carbocycles. The first kappa shape index (κ1) is 6.82. The van der Waals surface area contributed by atoms with E-state index in [0.29, 0.717) is 17.2 Å². The summed E-state index contributed by atoms with van der Waals surface area (Å²) in [7, 11) is 0. The van der Waals surface area contributed by atoms with Crippen molar-refractivity contribution < 1.29 is 0 Å². The summed E-state index contributed by atoms with van der Waals surface area (Å²) in [4.78, 5) is 22.5. The van der Waals surface area contributed by atoms with Crippen LogP contribution in [0.2, 0.25) is 0 Å². The van der Waals surface area contributed by atoms with Crippen LogP contribution in [-0.2, 0) is 0 Å². The van der Waals surface area contributed by atoms with E-state index in [1.54, 1.807) is 10.9 Å². The van der Waals surface area contributed by atoms with E-state index in [9.17, 15) is 4.79 Å². The van der Waals surface area contributed by atoms with Gasteiger partial charge in [0.2, 0.25) is 0 Å². The third-order valence-corrected chi connectivity index (χ3v) is 2.31. The van der Waals surface area contributed by atoms with E-state index in [1.165, 1.54) is 6.33 Å². The number of aromatic amines is 1. The van der Waals surface area contributed by atoms with Crippen LogP contribution >= 0.6 is 0 Å². The summed E-state index contributed by atoms with van der Waals surface area (Å²) in [5, 5.41) is 0. The normalized spacial score (nSPS) is 16.6. The highest BCUT2D eigenvalue weighted by Crippen LogP contribution is 2.33. The Kier molecular flexibility index (Phi) is 1.15. The van der Waals surface area contributed by atoms with Crippen molar-refractivity contribution in [2.45, 2.75) is 18.9 Å². The Hall–Kier alpha value is -1.65. The van der Waals surface area contributed by atoms with Gasteiger partial charge in [-0.05, 0) is 12.8 Å². The number of hydrogen-bond acceptors (Lipinski definition) is 3. The molecule has 1 saturated carbocycles. The number of nitrogens with one attached hydrogen (secondary N) is 1. The van der Waals surface area contributed by atoms with Crippen LogP contribution in [-0.4, -0.2) is 19.5 Å². The molecule has 66 valence electrons. The molecule has 1 aliphatic rings. The predicted octanol–water partition coefficient (Wildman–Crippen LogP) is 0.454. The first-order valence-electron chi connectivity index (χ1n) is 4.26. The Balaban J connectivity index is 2.37. The lowest BCUT2D eigenvalue weighted by molar-refractivity contribution is 0.696. The van der Waals surface area contributed by atoms with Gasteiger partial charge in [-0.2, -0.15) is 0 Å². The molecule has 1 N–H and O–H groups in total. The molecule has 13 heavy (non-hydrogen) atoms. The second-order valence-corrected chi connectivity index (χ2v) is 3.29. The van der Waals surface area contributed by atoms with E-state index in [-0.39, 0.29) is 5.56 Å². The third kappa shape index (κ3) is 0.898. The highest BCUT2D eigenvalue weighted by molar-refractivity contribution is 5.67. The van der Waals surface area contributed by atoms with E-state index in [4.69, 9.17) is 0 Å². The number of nitrogens with zero attached hydrogens (tertiary/aromatic N) is 3. The summed E-state index contributed by atoms with van der Waals surface area (Å²) in [6.07, 6.45) is 5.25. The van der Waals surface area contributed by atoms with Crippen LogP contribution in [0.25, 0.3) is 11.2 Å². The minimum atomic E-state index is -0.00926. The van der Waals surface area contributed by atoms with Gasteiger partial charge in [-0.1, -0.05) is 0 Å². The van der Waals surface area contributed by atoms with Crippen molar-refractivity contribution in [3.8, 4) is 0 Å². The standard InChI is InChI=1S/C8H8N4O/c13-8-6-7(10-3-9-6)11-4-12(8)5-1-2-5/h3-5H,1-2H2,(H,9,10). The van der Waals surface area contributed by atoms with Gasteiger partial charge in [-0.3, -0.25) is 9.36 Å². The van der Waals surface area contributed by atoms with Gasteiger partial charge in [-0.15, -0.1) is 0 Å². The summed E-state index contributed by atoms with van der Waals surface area (Å²) >= 11 is 0. The fourth-order valence-electron chi connectivity index (χ4n) is 1.45. The largest absolute Gasteiger partial charge is 0.339 e. The molecule has 2 aromatic rings. The van der Waals surface area contributed by atoms with Gasteiger partial charge < -0.3 is 4.98 Å². The molecular formula is C8H8N4O. The van der Waals surface area contributed by atoms with Gasteiger partial charge in [0, 0.05) is 6.04 Å². The molecule has 0 radical (unpaired) electrons. The number of fused-ring (bicyclic) bond motifs is 1. The molecule has 0 saturated heterocycles. The maximum atomic E-state index is 11.7. The van der Waals surface area contributed by atoms with E-state index < -0.39 is 0 Å². The maximum absolute atomic E-state index is 11.7. The van der Waals surface area contributed by atoms with E-state index in [2.05, 4.69) is 15.0 Å². The topological polar surface area (TPSA) is 63.6 Å². The van der Waals surface area contributed by atoms with Crippen molar-refractivity contribution in [1.82, 2.24) is 19.5 Å². The molecule has 0 aliphatic heterocycles. The minimum Gasteiger partial charge on any atom is -0.339 e. The zero-order valence-corrected chi connectivity index (χ0v) is 6.90. The summed E-state index contributed by atoms with van der Waals surface area (Å²) in [6.45, 7) is 0. The predicted molar refractivity (Wildman–Crippen MR) is 46.4 cm³/mol. The molecule has 0 atom stereocenters. The second kappa shape index (κ2) is 2.18. The maximum Gasteiger partial charge on any atom is 0.279 e. The average molecular weight is 176 g/mol. The quantitative estimate of drug-likeness (QED) is 0.686. The highest BCUT2D eigenvalue weighted by Gasteiger charge is 2.25. The summed E-state index contributed by atoms with van der Waals surface area (Å²) < 4.78 is 1.68. The van der Waals surface area contributed by atoms with Gasteiger partial charge >= 0.3 is 0 Å². The summed E-state index contributed by atoms with van der Waals surface area (Å²) in [5.41, 5.74) is 1.00. The summed E-state index contributed by atoms with van der Waals surface area (Å²) in [5.74, 6) is 0. The van der Waals surface area contributed by atoms with Crippen molar-refractivity contribution >= 4 is 11.2 Å². The van der Waals surface area contributed by atoms with Crippen molar-refractivity contribution in [2.75, 3.05) is 0 Å². The van der Waals surface area contributed by atoms with Crippen LogP contribution in [0, 0.1) is 0 Å². The number of H-pyrrole nitrogens is 1. The van der Waals surface area contributed by atoms with Crippen molar-refractivity contribution in [2.24, 2.45) is 0 Å².